The summed E-state index contributed by atoms with van der Waals surface area (Å²) in [5.74, 6) is 1.50. The lowest BCUT2D eigenvalue weighted by molar-refractivity contribution is 0.271. The third-order valence-electron chi connectivity index (χ3n) is 2.77. The highest BCUT2D eigenvalue weighted by Crippen LogP contribution is 2.36. The van der Waals surface area contributed by atoms with Crippen LogP contribution in [-0.4, -0.2) is 16.7 Å². The number of aromatic nitrogens is 1. The first-order valence-electron chi connectivity index (χ1n) is 4.87. The fourth-order valence-corrected chi connectivity index (χ4v) is 1.46. The Labute approximate surface area is 77.8 Å². The molecule has 0 radical (unpaired) electrons. The maximum absolute atomic E-state index is 8.93. The Morgan fingerprint density at radius 1 is 1.69 bits per heavy atom. The van der Waals surface area contributed by atoms with Gasteiger partial charge < -0.3 is 9.52 Å². The predicted octanol–water partition coefficient (Wildman–Crippen LogP) is 2.04. The van der Waals surface area contributed by atoms with E-state index >= 15 is 0 Å². The maximum Gasteiger partial charge on any atom is 0.197 e. The molecule has 13 heavy (non-hydrogen) atoms. The highest BCUT2D eigenvalue weighted by Gasteiger charge is 2.24. The van der Waals surface area contributed by atoms with Crippen molar-refractivity contribution in [3.8, 4) is 0 Å². The van der Waals surface area contributed by atoms with E-state index in [0.29, 0.717) is 5.92 Å². The molecule has 1 saturated carbocycles. The third-order valence-corrected chi connectivity index (χ3v) is 2.77. The van der Waals surface area contributed by atoms with Crippen LogP contribution in [0.5, 0.6) is 0 Å². The van der Waals surface area contributed by atoms with Crippen molar-refractivity contribution >= 4 is 0 Å². The van der Waals surface area contributed by atoms with E-state index in [4.69, 9.17) is 9.52 Å². The summed E-state index contributed by atoms with van der Waals surface area (Å²) in [6.07, 6.45) is 5.37. The Bertz CT molecular complexity index is 259. The van der Waals surface area contributed by atoms with Gasteiger partial charge in [-0.25, -0.2) is 4.98 Å². The van der Waals surface area contributed by atoms with Crippen molar-refractivity contribution in [2.75, 3.05) is 6.61 Å². The second-order valence-corrected chi connectivity index (χ2v) is 3.82. The predicted molar refractivity (Wildman–Crippen MR) is 48.6 cm³/mol. The summed E-state index contributed by atoms with van der Waals surface area (Å²) in [7, 11) is 0. The summed E-state index contributed by atoms with van der Waals surface area (Å²) in [5.41, 5.74) is 0.879. The van der Waals surface area contributed by atoms with Gasteiger partial charge in [0.1, 0.15) is 6.26 Å². The molecule has 1 heterocycles. The van der Waals surface area contributed by atoms with Crippen LogP contribution in [-0.2, 0) is 0 Å². The van der Waals surface area contributed by atoms with Crippen LogP contribution in [0.3, 0.4) is 0 Å². The molecule has 3 nitrogen and oxygen atoms in total. The minimum atomic E-state index is 0.0950. The molecule has 72 valence electrons. The van der Waals surface area contributed by atoms with Crippen LogP contribution in [0.25, 0.3) is 0 Å². The Kier molecular flexibility index (Phi) is 2.36. The first-order chi connectivity index (χ1) is 6.31. The highest BCUT2D eigenvalue weighted by atomic mass is 16.3. The van der Waals surface area contributed by atoms with Crippen molar-refractivity contribution in [3.05, 3.63) is 17.8 Å². The van der Waals surface area contributed by atoms with Gasteiger partial charge in [0.15, 0.2) is 5.89 Å². The number of nitrogens with zero attached hydrogens (tertiary/aromatic N) is 1. The van der Waals surface area contributed by atoms with Crippen LogP contribution in [0.1, 0.15) is 49.6 Å². The van der Waals surface area contributed by atoms with Gasteiger partial charge in [-0.15, -0.1) is 0 Å². The Balaban J connectivity index is 2.08. The molecule has 0 amide bonds. The topological polar surface area (TPSA) is 46.3 Å². The molecule has 1 fully saturated rings. The van der Waals surface area contributed by atoms with E-state index in [1.54, 1.807) is 6.26 Å². The van der Waals surface area contributed by atoms with Gasteiger partial charge in [0.25, 0.3) is 0 Å². The average molecular weight is 181 g/mol. The van der Waals surface area contributed by atoms with Crippen molar-refractivity contribution in [1.29, 1.82) is 0 Å². The van der Waals surface area contributed by atoms with Crippen molar-refractivity contribution < 1.29 is 9.52 Å². The van der Waals surface area contributed by atoms with E-state index in [1.807, 2.05) is 6.92 Å². The lowest BCUT2D eigenvalue weighted by atomic mass is 9.85. The molecule has 0 aromatic carbocycles. The van der Waals surface area contributed by atoms with Gasteiger partial charge >= 0.3 is 0 Å². The molecule has 1 aliphatic carbocycles. The molecule has 3 heteroatoms. The molecule has 1 aromatic heterocycles. The van der Waals surface area contributed by atoms with Crippen LogP contribution in [0, 0.1) is 0 Å². The fraction of sp³-hybridized carbons (Fsp3) is 0.700. The Hall–Kier alpha value is -0.830. The van der Waals surface area contributed by atoms with Crippen LogP contribution in [0.4, 0.5) is 0 Å². The van der Waals surface area contributed by atoms with Gasteiger partial charge in [-0.05, 0) is 12.8 Å². The summed E-state index contributed by atoms with van der Waals surface area (Å²) in [4.78, 5) is 4.38. The number of aliphatic hydroxyl groups is 1. The number of rotatable bonds is 3. The van der Waals surface area contributed by atoms with E-state index in [0.717, 1.165) is 11.6 Å². The second-order valence-electron chi connectivity index (χ2n) is 3.82. The molecule has 1 N–H and O–H groups in total. The third kappa shape index (κ3) is 1.61. The smallest absolute Gasteiger partial charge is 0.197 e. The molecule has 1 aromatic rings. The first-order valence-corrected chi connectivity index (χ1v) is 4.87. The molecule has 0 saturated heterocycles. The van der Waals surface area contributed by atoms with Crippen LogP contribution >= 0.6 is 0 Å². The maximum atomic E-state index is 8.93. The van der Waals surface area contributed by atoms with Crippen molar-refractivity contribution in [2.45, 2.75) is 38.0 Å². The van der Waals surface area contributed by atoms with E-state index in [2.05, 4.69) is 4.98 Å². The molecule has 1 atom stereocenters. The van der Waals surface area contributed by atoms with Crippen molar-refractivity contribution in [2.24, 2.45) is 0 Å². The minimum absolute atomic E-state index is 0.0950. The molecule has 0 bridgehead atoms. The number of oxazole rings is 1. The summed E-state index contributed by atoms with van der Waals surface area (Å²) in [6.45, 7) is 2.08. The number of hydrogen-bond donors (Lipinski definition) is 1. The molecule has 0 spiro atoms. The van der Waals surface area contributed by atoms with E-state index in [-0.39, 0.29) is 12.5 Å². The molecular formula is C10H15NO2. The SMILES string of the molecule is CC(CO)c1coc(C2CCC2)n1. The van der Waals surface area contributed by atoms with Crippen LogP contribution < -0.4 is 0 Å². The normalized spacial score (nSPS) is 19.8. The average Bonchev–Trinajstić information content (AvgIpc) is 2.49. The summed E-state index contributed by atoms with van der Waals surface area (Å²) in [6, 6.07) is 0. The Morgan fingerprint density at radius 2 is 2.46 bits per heavy atom. The fourth-order valence-electron chi connectivity index (χ4n) is 1.46. The molecule has 1 aliphatic rings. The zero-order valence-electron chi connectivity index (χ0n) is 7.86. The molecule has 0 aliphatic heterocycles. The summed E-state index contributed by atoms with van der Waals surface area (Å²) >= 11 is 0. The minimum Gasteiger partial charge on any atom is -0.448 e. The standard InChI is InChI=1S/C10H15NO2/c1-7(5-12)9-6-13-10(11-9)8-3-2-4-8/h6-8,12H,2-5H2,1H3. The van der Waals surface area contributed by atoms with Crippen LogP contribution in [0.15, 0.2) is 10.7 Å². The second kappa shape index (κ2) is 3.50. The van der Waals surface area contributed by atoms with Gasteiger partial charge in [-0.3, -0.25) is 0 Å². The van der Waals surface area contributed by atoms with E-state index in [1.165, 1.54) is 19.3 Å². The van der Waals surface area contributed by atoms with Gasteiger partial charge in [-0.1, -0.05) is 13.3 Å². The first kappa shape index (κ1) is 8.75. The van der Waals surface area contributed by atoms with Gasteiger partial charge in [0.2, 0.25) is 0 Å². The van der Waals surface area contributed by atoms with Crippen molar-refractivity contribution in [1.82, 2.24) is 4.98 Å². The lowest BCUT2D eigenvalue weighted by Crippen LogP contribution is -2.09. The molecule has 1 unspecified atom stereocenters. The van der Waals surface area contributed by atoms with E-state index < -0.39 is 0 Å². The number of aliphatic hydroxyl groups excluding tert-OH is 1. The van der Waals surface area contributed by atoms with Gasteiger partial charge in [-0.2, -0.15) is 0 Å². The van der Waals surface area contributed by atoms with Gasteiger partial charge in [0, 0.05) is 11.8 Å². The largest absolute Gasteiger partial charge is 0.448 e. The quantitative estimate of drug-likeness (QED) is 0.776. The van der Waals surface area contributed by atoms with E-state index in [9.17, 15) is 0 Å². The van der Waals surface area contributed by atoms with Crippen LogP contribution in [0.2, 0.25) is 0 Å². The van der Waals surface area contributed by atoms with Gasteiger partial charge in [0.05, 0.1) is 12.3 Å². The van der Waals surface area contributed by atoms with Crippen molar-refractivity contribution in [3.63, 3.8) is 0 Å². The lowest BCUT2D eigenvalue weighted by Gasteiger charge is -2.21. The summed E-state index contributed by atoms with van der Waals surface area (Å²) < 4.78 is 5.37. The zero-order valence-corrected chi connectivity index (χ0v) is 7.86. The Morgan fingerprint density at radius 3 is 3.00 bits per heavy atom. The number of hydrogen-bond acceptors (Lipinski definition) is 3. The molecular weight excluding hydrogens is 166 g/mol. The highest BCUT2D eigenvalue weighted by molar-refractivity contribution is 5.07. The summed E-state index contributed by atoms with van der Waals surface area (Å²) in [5, 5.41) is 8.93. The monoisotopic (exact) mass is 181 g/mol. The molecule has 2 rings (SSSR count). The zero-order chi connectivity index (χ0) is 9.26.